The minimum Gasteiger partial charge on any atom is -0.496 e. The number of rotatable bonds is 7. The molecule has 1 N–H and O–H groups in total. The van der Waals surface area contributed by atoms with E-state index < -0.39 is 24.2 Å². The summed E-state index contributed by atoms with van der Waals surface area (Å²) in [5.41, 5.74) is 0.412. The number of carbonyl (C=O) groups excluding carboxylic acids is 2. The lowest BCUT2D eigenvalue weighted by atomic mass is 10.1. The molecule has 0 saturated heterocycles. The highest BCUT2D eigenvalue weighted by atomic mass is 32.2. The summed E-state index contributed by atoms with van der Waals surface area (Å²) in [6.45, 7) is -0.567. The van der Waals surface area contributed by atoms with Crippen LogP contribution in [-0.2, 0) is 9.53 Å². The zero-order valence-electron chi connectivity index (χ0n) is 15.4. The van der Waals surface area contributed by atoms with Crippen LogP contribution < -0.4 is 10.1 Å². The number of ether oxygens (including phenoxy) is 2. The molecule has 0 aliphatic heterocycles. The van der Waals surface area contributed by atoms with Crippen LogP contribution in [-0.4, -0.2) is 31.4 Å². The number of carbonyl (C=O) groups is 2. The maximum Gasteiger partial charge on any atom is 0.342 e. The molecule has 1 amide bonds. The zero-order valence-corrected chi connectivity index (χ0v) is 16.2. The molecule has 8 heteroatoms. The van der Waals surface area contributed by atoms with Gasteiger partial charge in [0.15, 0.2) is 6.61 Å². The van der Waals surface area contributed by atoms with Gasteiger partial charge >= 0.3 is 5.97 Å². The van der Waals surface area contributed by atoms with Crippen molar-refractivity contribution in [2.24, 2.45) is 0 Å². The number of nitrogens with one attached hydrogen (secondary N) is 1. The molecule has 3 aromatic rings. The molecule has 0 spiro atoms. The average molecular weight is 417 g/mol. The number of amides is 1. The Balaban J connectivity index is 1.68. The maximum atomic E-state index is 12.6. The van der Waals surface area contributed by atoms with Crippen LogP contribution in [0.15, 0.2) is 65.6 Å². The molecule has 0 aliphatic carbocycles. The standard InChI is InChI=1S/C21H17F2NO4S/c1-27-17-11-14-7-3-2-6-13(14)10-15(17)20(26)28-12-19(25)24-16-8-4-5-9-18(16)29-21(22)23/h2-11,21H,12H2,1H3,(H,24,25). The number of esters is 1. The van der Waals surface area contributed by atoms with Gasteiger partial charge in [0.05, 0.1) is 12.8 Å². The second kappa shape index (κ2) is 9.38. The molecule has 0 saturated carbocycles. The van der Waals surface area contributed by atoms with Gasteiger partial charge in [0.1, 0.15) is 11.3 Å². The molecule has 29 heavy (non-hydrogen) atoms. The predicted molar refractivity (Wildman–Crippen MR) is 108 cm³/mol. The maximum absolute atomic E-state index is 12.6. The quantitative estimate of drug-likeness (QED) is 0.435. The lowest BCUT2D eigenvalue weighted by Crippen LogP contribution is -2.21. The first-order chi connectivity index (χ1) is 14.0. The molecule has 0 aromatic heterocycles. The predicted octanol–water partition coefficient (Wildman–Crippen LogP) is 4.96. The molecule has 5 nitrogen and oxygen atoms in total. The van der Waals surface area contributed by atoms with Crippen LogP contribution in [0.2, 0.25) is 0 Å². The second-order valence-corrected chi connectivity index (χ2v) is 6.93. The second-order valence-electron chi connectivity index (χ2n) is 5.90. The van der Waals surface area contributed by atoms with Gasteiger partial charge in [0, 0.05) is 4.90 Å². The van der Waals surface area contributed by atoms with Gasteiger partial charge in [-0.1, -0.05) is 48.2 Å². The van der Waals surface area contributed by atoms with Crippen LogP contribution in [0.5, 0.6) is 5.75 Å². The largest absolute Gasteiger partial charge is 0.496 e. The van der Waals surface area contributed by atoms with E-state index in [2.05, 4.69) is 5.32 Å². The molecule has 0 fully saturated rings. The van der Waals surface area contributed by atoms with Crippen LogP contribution in [0.4, 0.5) is 14.5 Å². The van der Waals surface area contributed by atoms with Gasteiger partial charge in [-0.05, 0) is 35.0 Å². The third-order valence-electron chi connectivity index (χ3n) is 4.00. The van der Waals surface area contributed by atoms with Crippen LogP contribution in [0.3, 0.4) is 0 Å². The summed E-state index contributed by atoms with van der Waals surface area (Å²) in [4.78, 5) is 24.8. The number of anilines is 1. The third kappa shape index (κ3) is 5.23. The highest BCUT2D eigenvalue weighted by molar-refractivity contribution is 7.99. The molecule has 0 aliphatic rings. The van der Waals surface area contributed by atoms with Gasteiger partial charge in [-0.3, -0.25) is 4.79 Å². The minimum absolute atomic E-state index is 0.188. The first-order valence-corrected chi connectivity index (χ1v) is 9.43. The summed E-state index contributed by atoms with van der Waals surface area (Å²) in [6.07, 6.45) is 0. The molecule has 3 rings (SSSR count). The van der Waals surface area contributed by atoms with Crippen molar-refractivity contribution in [3.63, 3.8) is 0 Å². The highest BCUT2D eigenvalue weighted by Crippen LogP contribution is 2.31. The SMILES string of the molecule is COc1cc2ccccc2cc1C(=O)OCC(=O)Nc1ccccc1SC(F)F. The van der Waals surface area contributed by atoms with E-state index in [0.717, 1.165) is 10.8 Å². The smallest absolute Gasteiger partial charge is 0.342 e. The number of benzene rings is 3. The Kier molecular flexibility index (Phi) is 6.66. The van der Waals surface area contributed by atoms with Gasteiger partial charge in [-0.25, -0.2) is 4.79 Å². The normalized spacial score (nSPS) is 10.8. The molecular formula is C21H17F2NO4S. The number of halogens is 2. The Morgan fingerprint density at radius 3 is 2.38 bits per heavy atom. The van der Waals surface area contributed by atoms with E-state index in [-0.39, 0.29) is 16.1 Å². The van der Waals surface area contributed by atoms with Gasteiger partial charge in [-0.15, -0.1) is 0 Å². The topological polar surface area (TPSA) is 64.6 Å². The number of methoxy groups -OCH3 is 1. The van der Waals surface area contributed by atoms with E-state index in [9.17, 15) is 18.4 Å². The van der Waals surface area contributed by atoms with Gasteiger partial charge in [0.25, 0.3) is 11.7 Å². The Morgan fingerprint density at radius 2 is 1.69 bits per heavy atom. The number of hydrogen-bond acceptors (Lipinski definition) is 5. The van der Waals surface area contributed by atoms with Gasteiger partial charge in [0.2, 0.25) is 0 Å². The van der Waals surface area contributed by atoms with E-state index in [1.807, 2.05) is 24.3 Å². The average Bonchev–Trinajstić information content (AvgIpc) is 2.72. The number of hydrogen-bond donors (Lipinski definition) is 1. The summed E-state index contributed by atoms with van der Waals surface area (Å²) in [5.74, 6) is -3.66. The van der Waals surface area contributed by atoms with E-state index in [1.165, 1.54) is 19.2 Å². The van der Waals surface area contributed by atoms with Crippen LogP contribution in [0.1, 0.15) is 10.4 Å². The molecule has 0 bridgehead atoms. The van der Waals surface area contributed by atoms with Crippen molar-refractivity contribution in [1.29, 1.82) is 0 Å². The van der Waals surface area contributed by atoms with E-state index in [0.29, 0.717) is 17.5 Å². The fraction of sp³-hybridized carbons (Fsp3) is 0.143. The lowest BCUT2D eigenvalue weighted by molar-refractivity contribution is -0.119. The molecule has 0 radical (unpaired) electrons. The van der Waals surface area contributed by atoms with Gasteiger partial charge < -0.3 is 14.8 Å². The summed E-state index contributed by atoms with van der Waals surface area (Å²) in [5, 5.41) is 4.20. The van der Waals surface area contributed by atoms with Crippen molar-refractivity contribution in [3.8, 4) is 5.75 Å². The Hall–Kier alpha value is -3.13. The van der Waals surface area contributed by atoms with E-state index >= 15 is 0 Å². The minimum atomic E-state index is -2.62. The molecule has 0 heterocycles. The fourth-order valence-electron chi connectivity index (χ4n) is 2.71. The summed E-state index contributed by atoms with van der Waals surface area (Å²) >= 11 is 0.322. The van der Waals surface area contributed by atoms with E-state index in [1.54, 1.807) is 24.3 Å². The molecule has 0 atom stereocenters. The summed E-state index contributed by atoms with van der Waals surface area (Å²) in [6, 6.07) is 16.9. The van der Waals surface area contributed by atoms with Crippen molar-refractivity contribution < 1.29 is 27.8 Å². The first kappa shape index (κ1) is 20.6. The number of para-hydroxylation sites is 1. The van der Waals surface area contributed by atoms with Crippen molar-refractivity contribution in [2.45, 2.75) is 10.7 Å². The Labute approximate surface area is 170 Å². The van der Waals surface area contributed by atoms with Crippen molar-refractivity contribution >= 4 is 40.1 Å². The van der Waals surface area contributed by atoms with Gasteiger partial charge in [-0.2, -0.15) is 8.78 Å². The van der Waals surface area contributed by atoms with Crippen molar-refractivity contribution in [1.82, 2.24) is 0 Å². The first-order valence-electron chi connectivity index (χ1n) is 8.55. The highest BCUT2D eigenvalue weighted by Gasteiger charge is 2.17. The molecule has 0 unspecified atom stereocenters. The van der Waals surface area contributed by atoms with E-state index in [4.69, 9.17) is 9.47 Å². The van der Waals surface area contributed by atoms with Crippen molar-refractivity contribution in [3.05, 3.63) is 66.2 Å². The molecular weight excluding hydrogens is 400 g/mol. The zero-order chi connectivity index (χ0) is 20.8. The lowest BCUT2D eigenvalue weighted by Gasteiger charge is -2.12. The molecule has 3 aromatic carbocycles. The fourth-order valence-corrected chi connectivity index (χ4v) is 3.31. The number of thioether (sulfide) groups is 1. The number of alkyl halides is 2. The Bertz CT molecular complexity index is 1040. The van der Waals surface area contributed by atoms with Crippen molar-refractivity contribution in [2.75, 3.05) is 19.0 Å². The monoisotopic (exact) mass is 417 g/mol. The van der Waals surface area contributed by atoms with Crippen LogP contribution >= 0.6 is 11.8 Å². The van der Waals surface area contributed by atoms with Crippen LogP contribution in [0, 0.1) is 0 Å². The molecule has 150 valence electrons. The van der Waals surface area contributed by atoms with Crippen LogP contribution in [0.25, 0.3) is 10.8 Å². The number of fused-ring (bicyclic) bond motifs is 1. The summed E-state index contributed by atoms with van der Waals surface area (Å²) < 4.78 is 35.6. The third-order valence-corrected chi connectivity index (χ3v) is 4.79. The Morgan fingerprint density at radius 1 is 1.03 bits per heavy atom. The summed E-state index contributed by atoms with van der Waals surface area (Å²) in [7, 11) is 1.44.